The van der Waals surface area contributed by atoms with Crippen LogP contribution in [0.3, 0.4) is 0 Å². The van der Waals surface area contributed by atoms with Crippen molar-refractivity contribution in [2.75, 3.05) is 13.1 Å². The van der Waals surface area contributed by atoms with Crippen molar-refractivity contribution in [3.05, 3.63) is 23.5 Å². The van der Waals surface area contributed by atoms with E-state index in [1.807, 2.05) is 19.1 Å². The molecule has 0 spiro atoms. The minimum Gasteiger partial charge on any atom is -0.490 e. The van der Waals surface area contributed by atoms with Gasteiger partial charge in [-0.15, -0.1) is 0 Å². The van der Waals surface area contributed by atoms with Gasteiger partial charge in [0.25, 0.3) is 0 Å². The van der Waals surface area contributed by atoms with Gasteiger partial charge in [0.15, 0.2) is 0 Å². The maximum absolute atomic E-state index is 10.7. The van der Waals surface area contributed by atoms with Crippen molar-refractivity contribution in [2.24, 2.45) is 0 Å². The Bertz CT molecular complexity index is 675. The number of nitrogens with one attached hydrogen (secondary N) is 2. The van der Waals surface area contributed by atoms with Gasteiger partial charge in [0.2, 0.25) is 0 Å². The average Bonchev–Trinajstić information content (AvgIpc) is 2.90. The number of fused-ring (bicyclic) bond motifs is 1. The Morgan fingerprint density at radius 3 is 2.91 bits per heavy atom. The van der Waals surface area contributed by atoms with E-state index in [-0.39, 0.29) is 12.5 Å². The lowest BCUT2D eigenvalue weighted by atomic mass is 10.1. The number of nitrogens with zero attached hydrogens (tertiary/aromatic N) is 1. The van der Waals surface area contributed by atoms with Crippen LogP contribution in [0, 0.1) is 6.92 Å². The van der Waals surface area contributed by atoms with Gasteiger partial charge in [-0.05, 0) is 44.5 Å². The van der Waals surface area contributed by atoms with Gasteiger partial charge < -0.3 is 20.1 Å². The first-order chi connectivity index (χ1) is 10.6. The van der Waals surface area contributed by atoms with Gasteiger partial charge in [-0.1, -0.05) is 0 Å². The minimum absolute atomic E-state index is 0.0807. The van der Waals surface area contributed by atoms with E-state index in [4.69, 9.17) is 9.84 Å². The quantitative estimate of drug-likeness (QED) is 0.786. The van der Waals surface area contributed by atoms with Crippen LogP contribution in [-0.2, 0) is 11.2 Å². The average molecular weight is 303 g/mol. The van der Waals surface area contributed by atoms with Crippen LogP contribution in [0.25, 0.3) is 11.0 Å². The summed E-state index contributed by atoms with van der Waals surface area (Å²) in [5.41, 5.74) is 2.83. The van der Waals surface area contributed by atoms with E-state index in [9.17, 15) is 4.79 Å². The van der Waals surface area contributed by atoms with E-state index in [1.165, 1.54) is 0 Å². The van der Waals surface area contributed by atoms with Gasteiger partial charge >= 0.3 is 5.97 Å². The number of aromatic nitrogens is 2. The number of benzene rings is 1. The highest BCUT2D eigenvalue weighted by Crippen LogP contribution is 2.25. The maximum Gasteiger partial charge on any atom is 0.303 e. The van der Waals surface area contributed by atoms with Crippen molar-refractivity contribution in [1.29, 1.82) is 0 Å². The smallest absolute Gasteiger partial charge is 0.303 e. The highest BCUT2D eigenvalue weighted by Gasteiger charge is 2.16. The molecule has 6 heteroatoms. The predicted octanol–water partition coefficient (Wildman–Crippen LogP) is 2.02. The number of carboxylic acid groups (broad SMARTS) is 1. The van der Waals surface area contributed by atoms with Gasteiger partial charge in [-0.25, -0.2) is 4.98 Å². The molecule has 3 N–H and O–H groups in total. The molecule has 2 aromatic rings. The lowest BCUT2D eigenvalue weighted by Crippen LogP contribution is -2.34. The number of hydrogen-bond donors (Lipinski definition) is 3. The summed E-state index contributed by atoms with van der Waals surface area (Å²) in [6.45, 7) is 3.99. The zero-order chi connectivity index (χ0) is 15.5. The summed E-state index contributed by atoms with van der Waals surface area (Å²) in [5.74, 6) is 0.747. The van der Waals surface area contributed by atoms with Crippen LogP contribution < -0.4 is 10.1 Å². The molecule has 3 rings (SSSR count). The molecule has 1 aliphatic rings. The maximum atomic E-state index is 10.7. The van der Waals surface area contributed by atoms with Crippen LogP contribution in [0.15, 0.2) is 12.1 Å². The van der Waals surface area contributed by atoms with Gasteiger partial charge in [0, 0.05) is 12.5 Å². The molecular weight excluding hydrogens is 282 g/mol. The second-order valence-corrected chi connectivity index (χ2v) is 5.78. The number of hydrogen-bond acceptors (Lipinski definition) is 4. The van der Waals surface area contributed by atoms with Crippen molar-refractivity contribution in [3.8, 4) is 5.75 Å². The van der Waals surface area contributed by atoms with Gasteiger partial charge in [-0.3, -0.25) is 4.79 Å². The lowest BCUT2D eigenvalue weighted by molar-refractivity contribution is -0.137. The van der Waals surface area contributed by atoms with E-state index in [0.717, 1.165) is 48.3 Å². The monoisotopic (exact) mass is 303 g/mol. The first kappa shape index (κ1) is 14.8. The fourth-order valence-corrected chi connectivity index (χ4v) is 2.83. The lowest BCUT2D eigenvalue weighted by Gasteiger charge is -2.24. The standard InChI is InChI=1S/C16H21N3O3/c1-10-8-12(22-11-4-6-17-7-5-11)9-13-16(10)19-14(18-13)2-3-15(20)21/h8-9,11,17H,2-7H2,1H3,(H,18,19)(H,20,21). The van der Waals surface area contributed by atoms with Crippen molar-refractivity contribution in [3.63, 3.8) is 0 Å². The SMILES string of the molecule is Cc1cc(OC2CCNCC2)cc2[nH]c(CCC(=O)O)nc12. The Morgan fingerprint density at radius 2 is 2.18 bits per heavy atom. The molecule has 0 amide bonds. The number of ether oxygens (including phenoxy) is 1. The molecule has 1 fully saturated rings. The number of aliphatic carboxylic acids is 1. The second-order valence-electron chi connectivity index (χ2n) is 5.78. The van der Waals surface area contributed by atoms with Crippen molar-refractivity contribution < 1.29 is 14.6 Å². The fraction of sp³-hybridized carbons (Fsp3) is 0.500. The number of carbonyl (C=O) groups is 1. The van der Waals surface area contributed by atoms with Gasteiger partial charge in [0.05, 0.1) is 17.5 Å². The van der Waals surface area contributed by atoms with E-state index < -0.39 is 5.97 Å². The first-order valence-corrected chi connectivity index (χ1v) is 7.70. The summed E-state index contributed by atoms with van der Waals surface area (Å²) >= 11 is 0. The summed E-state index contributed by atoms with van der Waals surface area (Å²) in [4.78, 5) is 18.4. The zero-order valence-electron chi connectivity index (χ0n) is 12.7. The number of rotatable bonds is 5. The molecule has 6 nitrogen and oxygen atoms in total. The molecule has 0 atom stereocenters. The zero-order valence-corrected chi connectivity index (χ0v) is 12.7. The Hall–Kier alpha value is -2.08. The molecule has 22 heavy (non-hydrogen) atoms. The molecule has 0 unspecified atom stereocenters. The Labute approximate surface area is 128 Å². The van der Waals surface area contributed by atoms with Crippen molar-refractivity contribution in [1.82, 2.24) is 15.3 Å². The van der Waals surface area contributed by atoms with E-state index in [1.54, 1.807) is 0 Å². The normalized spacial score (nSPS) is 16.0. The van der Waals surface area contributed by atoms with Crippen LogP contribution in [-0.4, -0.2) is 40.2 Å². The van der Waals surface area contributed by atoms with Crippen molar-refractivity contribution in [2.45, 2.75) is 38.7 Å². The molecule has 1 aromatic carbocycles. The molecule has 0 aliphatic carbocycles. The van der Waals surface area contributed by atoms with E-state index in [2.05, 4.69) is 15.3 Å². The molecule has 0 bridgehead atoms. The van der Waals surface area contributed by atoms with Crippen molar-refractivity contribution >= 4 is 17.0 Å². The van der Waals surface area contributed by atoms with E-state index >= 15 is 0 Å². The Balaban J connectivity index is 1.79. The van der Waals surface area contributed by atoms with E-state index in [0.29, 0.717) is 12.2 Å². The van der Waals surface area contributed by atoms with Gasteiger partial charge in [-0.2, -0.15) is 0 Å². The molecule has 1 aliphatic heterocycles. The number of carboxylic acids is 1. The largest absolute Gasteiger partial charge is 0.490 e. The molecule has 1 aromatic heterocycles. The number of piperidine rings is 1. The summed E-state index contributed by atoms with van der Waals surface area (Å²) in [7, 11) is 0. The minimum atomic E-state index is -0.813. The van der Waals surface area contributed by atoms with Gasteiger partial charge in [0.1, 0.15) is 17.7 Å². The Morgan fingerprint density at radius 1 is 1.41 bits per heavy atom. The molecule has 118 valence electrons. The summed E-state index contributed by atoms with van der Waals surface area (Å²) in [5, 5.41) is 12.1. The molecule has 0 radical (unpaired) electrons. The molecule has 1 saturated heterocycles. The number of H-pyrrole nitrogens is 1. The van der Waals surface area contributed by atoms with Crippen LogP contribution in [0.2, 0.25) is 0 Å². The molecule has 0 saturated carbocycles. The fourth-order valence-electron chi connectivity index (χ4n) is 2.83. The third-order valence-corrected chi connectivity index (χ3v) is 3.96. The number of imidazole rings is 1. The van der Waals surface area contributed by atoms with Crippen LogP contribution in [0.4, 0.5) is 0 Å². The molecular formula is C16H21N3O3. The topological polar surface area (TPSA) is 87.2 Å². The van der Waals surface area contributed by atoms with Crippen LogP contribution >= 0.6 is 0 Å². The summed E-state index contributed by atoms with van der Waals surface area (Å²) in [6.07, 6.45) is 2.78. The first-order valence-electron chi connectivity index (χ1n) is 7.70. The highest BCUT2D eigenvalue weighted by atomic mass is 16.5. The van der Waals surface area contributed by atoms with Crippen LogP contribution in [0.5, 0.6) is 5.75 Å². The predicted molar refractivity (Wildman–Crippen MR) is 83.3 cm³/mol. The summed E-state index contributed by atoms with van der Waals surface area (Å²) in [6, 6.07) is 3.97. The third-order valence-electron chi connectivity index (χ3n) is 3.96. The third kappa shape index (κ3) is 3.39. The molecule has 2 heterocycles. The summed E-state index contributed by atoms with van der Waals surface area (Å²) < 4.78 is 6.07. The van der Waals surface area contributed by atoms with Crippen LogP contribution in [0.1, 0.15) is 30.7 Å². The number of aromatic amines is 1. The highest BCUT2D eigenvalue weighted by molar-refractivity contribution is 5.80. The number of aryl methyl sites for hydroxylation is 2. The Kier molecular flexibility index (Phi) is 4.29. The second kappa shape index (κ2) is 6.36.